The Bertz CT molecular complexity index is 434. The van der Waals surface area contributed by atoms with Gasteiger partial charge in [-0.25, -0.2) is 0 Å². The van der Waals surface area contributed by atoms with Crippen LogP contribution in [0.2, 0.25) is 0 Å². The zero-order valence-corrected chi connectivity index (χ0v) is 10.5. The molecule has 17 heavy (non-hydrogen) atoms. The maximum Gasteiger partial charge on any atom is 0.225 e. The van der Waals surface area contributed by atoms with Gasteiger partial charge < -0.3 is 10.4 Å². The number of amides is 1. The number of carbonyl (C=O) groups excluding carboxylic acids is 1. The lowest BCUT2D eigenvalue weighted by atomic mass is 9.94. The highest BCUT2D eigenvalue weighted by molar-refractivity contribution is 5.82. The van der Waals surface area contributed by atoms with Gasteiger partial charge in [-0.1, -0.05) is 45.0 Å². The Labute approximate surface area is 102 Å². The van der Waals surface area contributed by atoms with Crippen molar-refractivity contribution in [1.82, 2.24) is 5.32 Å². The van der Waals surface area contributed by atoms with Crippen molar-refractivity contribution in [3.8, 4) is 0 Å². The van der Waals surface area contributed by atoms with Crippen LogP contribution < -0.4 is 5.32 Å². The number of aliphatic hydroxyl groups excluding tert-OH is 1. The molecule has 1 aliphatic rings. The van der Waals surface area contributed by atoms with E-state index in [-0.39, 0.29) is 11.9 Å². The second-order valence-corrected chi connectivity index (χ2v) is 5.67. The van der Waals surface area contributed by atoms with E-state index in [1.54, 1.807) is 0 Å². The Hall–Kier alpha value is -1.35. The minimum atomic E-state index is -0.515. The molecule has 3 nitrogen and oxygen atoms in total. The molecule has 2 unspecified atom stereocenters. The van der Waals surface area contributed by atoms with E-state index in [0.717, 1.165) is 11.1 Å². The van der Waals surface area contributed by atoms with E-state index in [1.807, 2.05) is 45.0 Å². The monoisotopic (exact) mass is 233 g/mol. The second-order valence-electron chi connectivity index (χ2n) is 5.67. The first kappa shape index (κ1) is 12.1. The van der Waals surface area contributed by atoms with E-state index in [2.05, 4.69) is 5.32 Å². The van der Waals surface area contributed by atoms with Gasteiger partial charge in [0.15, 0.2) is 0 Å². The number of aliphatic hydroxyl groups is 1. The zero-order chi connectivity index (χ0) is 12.6. The van der Waals surface area contributed by atoms with Crippen molar-refractivity contribution in [1.29, 1.82) is 0 Å². The lowest BCUT2D eigenvalue weighted by Gasteiger charge is -2.24. The lowest BCUT2D eigenvalue weighted by Crippen LogP contribution is -2.40. The number of fused-ring (bicyclic) bond motifs is 1. The van der Waals surface area contributed by atoms with Crippen molar-refractivity contribution < 1.29 is 9.90 Å². The van der Waals surface area contributed by atoms with Gasteiger partial charge in [0.05, 0.1) is 12.1 Å². The van der Waals surface area contributed by atoms with Crippen LogP contribution in [0.1, 0.15) is 37.9 Å². The molecule has 0 saturated carbocycles. The molecule has 2 rings (SSSR count). The molecule has 3 heteroatoms. The van der Waals surface area contributed by atoms with E-state index in [1.165, 1.54) is 0 Å². The van der Waals surface area contributed by atoms with E-state index < -0.39 is 11.5 Å². The molecular weight excluding hydrogens is 214 g/mol. The van der Waals surface area contributed by atoms with E-state index in [9.17, 15) is 9.90 Å². The molecule has 0 aromatic heterocycles. The van der Waals surface area contributed by atoms with Crippen LogP contribution in [-0.4, -0.2) is 17.1 Å². The molecule has 1 aromatic carbocycles. The Balaban J connectivity index is 2.20. The topological polar surface area (TPSA) is 49.3 Å². The summed E-state index contributed by atoms with van der Waals surface area (Å²) in [6.45, 7) is 5.61. The fourth-order valence-electron chi connectivity index (χ4n) is 2.11. The van der Waals surface area contributed by atoms with Crippen LogP contribution in [0.3, 0.4) is 0 Å². The standard InChI is InChI=1S/C14H19NO2/c1-14(2,3)13(17)15-12-10-7-5-4-6-9(10)8-11(12)16/h4-7,11-12,16H,8H2,1-3H3,(H,15,17). The second kappa shape index (κ2) is 4.15. The maximum absolute atomic E-state index is 12.0. The first-order chi connectivity index (χ1) is 7.89. The third-order valence-corrected chi connectivity index (χ3v) is 3.17. The first-order valence-electron chi connectivity index (χ1n) is 5.96. The molecule has 1 aliphatic carbocycles. The smallest absolute Gasteiger partial charge is 0.225 e. The van der Waals surface area contributed by atoms with Gasteiger partial charge in [0.2, 0.25) is 5.91 Å². The fraction of sp³-hybridized carbons (Fsp3) is 0.500. The molecule has 1 aromatic rings. The average Bonchev–Trinajstić information content (AvgIpc) is 2.54. The van der Waals surface area contributed by atoms with Gasteiger partial charge >= 0.3 is 0 Å². The summed E-state index contributed by atoms with van der Waals surface area (Å²) < 4.78 is 0. The molecule has 1 amide bonds. The normalized spacial score (nSPS) is 23.3. The van der Waals surface area contributed by atoms with E-state index in [4.69, 9.17) is 0 Å². The van der Waals surface area contributed by atoms with Crippen molar-refractivity contribution in [3.63, 3.8) is 0 Å². The van der Waals surface area contributed by atoms with Crippen molar-refractivity contribution in [2.45, 2.75) is 39.3 Å². The summed E-state index contributed by atoms with van der Waals surface area (Å²) in [7, 11) is 0. The van der Waals surface area contributed by atoms with Crippen LogP contribution in [0.4, 0.5) is 0 Å². The summed E-state index contributed by atoms with van der Waals surface area (Å²) in [5.74, 6) is -0.0294. The average molecular weight is 233 g/mol. The van der Waals surface area contributed by atoms with Crippen LogP contribution in [0, 0.1) is 5.41 Å². The minimum Gasteiger partial charge on any atom is -0.390 e. The molecule has 2 atom stereocenters. The molecule has 0 bridgehead atoms. The predicted octanol–water partition coefficient (Wildman–Crippen LogP) is 1.81. The van der Waals surface area contributed by atoms with Crippen LogP contribution >= 0.6 is 0 Å². The lowest BCUT2D eigenvalue weighted by molar-refractivity contribution is -0.130. The van der Waals surface area contributed by atoms with Gasteiger partial charge in [-0.2, -0.15) is 0 Å². The molecule has 92 valence electrons. The van der Waals surface area contributed by atoms with Crippen molar-refractivity contribution in [2.24, 2.45) is 5.41 Å². The van der Waals surface area contributed by atoms with Crippen LogP contribution in [0.25, 0.3) is 0 Å². The summed E-state index contributed by atoms with van der Waals surface area (Å²) >= 11 is 0. The van der Waals surface area contributed by atoms with Crippen LogP contribution in [0.5, 0.6) is 0 Å². The van der Waals surface area contributed by atoms with E-state index in [0.29, 0.717) is 6.42 Å². The highest BCUT2D eigenvalue weighted by atomic mass is 16.3. The molecule has 0 fully saturated rings. The third-order valence-electron chi connectivity index (χ3n) is 3.17. The van der Waals surface area contributed by atoms with E-state index >= 15 is 0 Å². The Morgan fingerprint density at radius 1 is 1.35 bits per heavy atom. The number of hydrogen-bond donors (Lipinski definition) is 2. The minimum absolute atomic E-state index is 0.0294. The molecule has 0 heterocycles. The Morgan fingerprint density at radius 3 is 2.65 bits per heavy atom. The highest BCUT2D eigenvalue weighted by Crippen LogP contribution is 2.32. The van der Waals surface area contributed by atoms with Gasteiger partial charge in [-0.3, -0.25) is 4.79 Å². The SMILES string of the molecule is CC(C)(C)C(=O)NC1c2ccccc2CC1O. The molecule has 0 saturated heterocycles. The number of carbonyl (C=O) groups is 1. The number of nitrogens with one attached hydrogen (secondary N) is 1. The molecule has 0 aliphatic heterocycles. The number of benzene rings is 1. The predicted molar refractivity (Wildman–Crippen MR) is 66.5 cm³/mol. The quantitative estimate of drug-likeness (QED) is 0.777. The number of hydrogen-bond acceptors (Lipinski definition) is 2. The van der Waals surface area contributed by atoms with Crippen LogP contribution in [0.15, 0.2) is 24.3 Å². The van der Waals surface area contributed by atoms with Gasteiger partial charge in [0.25, 0.3) is 0 Å². The van der Waals surface area contributed by atoms with Crippen molar-refractivity contribution >= 4 is 5.91 Å². The summed E-state index contributed by atoms with van der Waals surface area (Å²) in [4.78, 5) is 12.0. The molecule has 0 radical (unpaired) electrons. The summed E-state index contributed by atoms with van der Waals surface area (Å²) in [6, 6.07) is 7.60. The summed E-state index contributed by atoms with van der Waals surface area (Å²) in [6.07, 6.45) is 0.101. The van der Waals surface area contributed by atoms with Crippen molar-refractivity contribution in [2.75, 3.05) is 0 Å². The van der Waals surface area contributed by atoms with Crippen LogP contribution in [-0.2, 0) is 11.2 Å². The molecule has 2 N–H and O–H groups in total. The van der Waals surface area contributed by atoms with Crippen molar-refractivity contribution in [3.05, 3.63) is 35.4 Å². The molecule has 0 spiro atoms. The highest BCUT2D eigenvalue weighted by Gasteiger charge is 2.34. The molecular formula is C14H19NO2. The van der Waals surface area contributed by atoms with Gasteiger partial charge in [-0.15, -0.1) is 0 Å². The fourth-order valence-corrected chi connectivity index (χ4v) is 2.11. The van der Waals surface area contributed by atoms with Gasteiger partial charge in [-0.05, 0) is 11.1 Å². The summed E-state index contributed by atoms with van der Waals surface area (Å²) in [5, 5.41) is 12.9. The largest absolute Gasteiger partial charge is 0.390 e. The van der Waals surface area contributed by atoms with Gasteiger partial charge in [0.1, 0.15) is 0 Å². The number of rotatable bonds is 1. The summed E-state index contributed by atoms with van der Waals surface area (Å²) in [5.41, 5.74) is 1.73. The third kappa shape index (κ3) is 2.34. The maximum atomic E-state index is 12.0. The first-order valence-corrected chi connectivity index (χ1v) is 5.96. The Kier molecular flexibility index (Phi) is 2.96. The van der Waals surface area contributed by atoms with Gasteiger partial charge in [0, 0.05) is 11.8 Å². The zero-order valence-electron chi connectivity index (χ0n) is 10.5. The Morgan fingerprint density at radius 2 is 2.00 bits per heavy atom.